The van der Waals surface area contributed by atoms with E-state index in [0.29, 0.717) is 17.6 Å². The minimum atomic E-state index is -0.0436. The van der Waals surface area contributed by atoms with Gasteiger partial charge in [-0.2, -0.15) is 0 Å². The number of hydrogen-bond acceptors (Lipinski definition) is 5. The van der Waals surface area contributed by atoms with Gasteiger partial charge in [0.1, 0.15) is 5.82 Å². The van der Waals surface area contributed by atoms with E-state index in [9.17, 15) is 4.79 Å². The number of benzene rings is 1. The zero-order valence-electron chi connectivity index (χ0n) is 17.2. The van der Waals surface area contributed by atoms with Crippen molar-refractivity contribution in [1.82, 2.24) is 19.8 Å². The van der Waals surface area contributed by atoms with Crippen LogP contribution in [0.25, 0.3) is 10.9 Å². The third-order valence-corrected chi connectivity index (χ3v) is 6.24. The molecule has 0 amide bonds. The number of morpholine rings is 1. The fourth-order valence-electron chi connectivity index (χ4n) is 4.80. The molecule has 2 fully saturated rings. The zero-order valence-corrected chi connectivity index (χ0v) is 17.2. The standard InChI is InChI=1S/C22H32N4O2/c1-15-12-25(13-16(2)28-15)14-18-8-10-26(11-9-18)17(3)21-23-20-7-5-4-6-19(20)22(27)24-21/h4-7,15-18H,8-14H2,1-3H3,(H,23,24,27). The lowest BCUT2D eigenvalue weighted by molar-refractivity contribution is -0.0734. The number of likely N-dealkylation sites (tertiary alicyclic amines) is 1. The van der Waals surface area contributed by atoms with Crippen LogP contribution in [0.2, 0.25) is 0 Å². The molecule has 0 bridgehead atoms. The Bertz CT molecular complexity index is 849. The minimum absolute atomic E-state index is 0.0436. The van der Waals surface area contributed by atoms with Crippen molar-refractivity contribution in [2.75, 3.05) is 32.7 Å². The molecule has 1 aromatic carbocycles. The summed E-state index contributed by atoms with van der Waals surface area (Å²) in [6.45, 7) is 11.9. The number of hydrogen-bond donors (Lipinski definition) is 1. The van der Waals surface area contributed by atoms with Crippen LogP contribution in [0.1, 0.15) is 45.5 Å². The van der Waals surface area contributed by atoms with Crippen LogP contribution in [0.15, 0.2) is 29.1 Å². The number of aromatic amines is 1. The van der Waals surface area contributed by atoms with Gasteiger partial charge < -0.3 is 9.72 Å². The summed E-state index contributed by atoms with van der Waals surface area (Å²) in [4.78, 5) is 25.1. The molecule has 0 aliphatic carbocycles. The molecule has 0 saturated carbocycles. The van der Waals surface area contributed by atoms with Crippen LogP contribution >= 0.6 is 0 Å². The number of aromatic nitrogens is 2. The van der Waals surface area contributed by atoms with Crippen molar-refractivity contribution in [2.24, 2.45) is 5.92 Å². The van der Waals surface area contributed by atoms with E-state index in [2.05, 4.69) is 35.6 Å². The van der Waals surface area contributed by atoms with Gasteiger partial charge in [0.25, 0.3) is 5.56 Å². The number of piperidine rings is 1. The number of nitrogens with zero attached hydrogens (tertiary/aromatic N) is 3. The third-order valence-electron chi connectivity index (χ3n) is 6.24. The summed E-state index contributed by atoms with van der Waals surface area (Å²) in [5, 5.41) is 0.658. The normalized spacial score (nSPS) is 26.5. The van der Waals surface area contributed by atoms with Crippen molar-refractivity contribution in [1.29, 1.82) is 0 Å². The number of rotatable bonds is 4. The highest BCUT2D eigenvalue weighted by atomic mass is 16.5. The molecule has 0 spiro atoms. The van der Waals surface area contributed by atoms with E-state index in [1.54, 1.807) is 0 Å². The Morgan fingerprint density at radius 1 is 1.18 bits per heavy atom. The molecule has 3 heterocycles. The van der Waals surface area contributed by atoms with E-state index >= 15 is 0 Å². The highest BCUT2D eigenvalue weighted by Gasteiger charge is 2.28. The lowest BCUT2D eigenvalue weighted by Crippen LogP contribution is -2.48. The summed E-state index contributed by atoms with van der Waals surface area (Å²) in [5.74, 6) is 1.52. The SMILES string of the molecule is CC1CN(CC2CCN(C(C)c3nc4ccccc4c(=O)[nH]3)CC2)CC(C)O1. The largest absolute Gasteiger partial charge is 0.373 e. The summed E-state index contributed by atoms with van der Waals surface area (Å²) in [7, 11) is 0. The van der Waals surface area contributed by atoms with Crippen molar-refractivity contribution in [3.05, 3.63) is 40.4 Å². The summed E-state index contributed by atoms with van der Waals surface area (Å²) in [5.41, 5.74) is 0.733. The molecule has 2 aromatic rings. The van der Waals surface area contributed by atoms with Gasteiger partial charge in [0.05, 0.1) is 29.2 Å². The fourth-order valence-corrected chi connectivity index (χ4v) is 4.80. The molecule has 2 saturated heterocycles. The smallest absolute Gasteiger partial charge is 0.258 e. The average molecular weight is 385 g/mol. The topological polar surface area (TPSA) is 61.5 Å². The Kier molecular flexibility index (Phi) is 5.80. The Morgan fingerprint density at radius 2 is 1.86 bits per heavy atom. The van der Waals surface area contributed by atoms with Crippen LogP contribution in [0.5, 0.6) is 0 Å². The first-order valence-electron chi connectivity index (χ1n) is 10.6. The maximum atomic E-state index is 12.4. The zero-order chi connectivity index (χ0) is 19.7. The van der Waals surface area contributed by atoms with E-state index in [1.807, 2.05) is 24.3 Å². The van der Waals surface area contributed by atoms with Crippen molar-refractivity contribution in [3.8, 4) is 0 Å². The number of fused-ring (bicyclic) bond motifs is 1. The van der Waals surface area contributed by atoms with Crippen LogP contribution in [-0.4, -0.2) is 64.7 Å². The van der Waals surface area contributed by atoms with Gasteiger partial charge in [0.15, 0.2) is 0 Å². The van der Waals surface area contributed by atoms with Crippen molar-refractivity contribution in [3.63, 3.8) is 0 Å². The third kappa shape index (κ3) is 4.29. The molecule has 2 aliphatic rings. The van der Waals surface area contributed by atoms with Gasteiger partial charge in [-0.15, -0.1) is 0 Å². The first-order valence-corrected chi connectivity index (χ1v) is 10.6. The maximum Gasteiger partial charge on any atom is 0.258 e. The monoisotopic (exact) mass is 384 g/mol. The lowest BCUT2D eigenvalue weighted by atomic mass is 9.94. The molecular formula is C22H32N4O2. The summed E-state index contributed by atoms with van der Waals surface area (Å²) >= 11 is 0. The quantitative estimate of drug-likeness (QED) is 0.878. The van der Waals surface area contributed by atoms with Crippen LogP contribution in [0, 0.1) is 5.92 Å². The predicted molar refractivity (Wildman–Crippen MR) is 112 cm³/mol. The van der Waals surface area contributed by atoms with Gasteiger partial charge in [0.2, 0.25) is 0 Å². The number of para-hydroxylation sites is 1. The molecule has 6 nitrogen and oxygen atoms in total. The molecule has 152 valence electrons. The van der Waals surface area contributed by atoms with Crippen LogP contribution in [0.3, 0.4) is 0 Å². The van der Waals surface area contributed by atoms with Crippen LogP contribution < -0.4 is 5.56 Å². The lowest BCUT2D eigenvalue weighted by Gasteiger charge is -2.40. The van der Waals surface area contributed by atoms with E-state index in [-0.39, 0.29) is 11.6 Å². The Balaban J connectivity index is 1.36. The molecule has 4 rings (SSSR count). The van der Waals surface area contributed by atoms with Gasteiger partial charge in [-0.05, 0) is 64.8 Å². The number of ether oxygens (including phenoxy) is 1. The number of nitrogens with one attached hydrogen (secondary N) is 1. The highest BCUT2D eigenvalue weighted by Crippen LogP contribution is 2.26. The van der Waals surface area contributed by atoms with Crippen molar-refractivity contribution >= 4 is 10.9 Å². The fraction of sp³-hybridized carbons (Fsp3) is 0.636. The molecule has 0 radical (unpaired) electrons. The number of H-pyrrole nitrogens is 1. The average Bonchev–Trinajstić information content (AvgIpc) is 2.67. The van der Waals surface area contributed by atoms with E-state index in [4.69, 9.17) is 9.72 Å². The Labute approximate surface area is 166 Å². The molecule has 1 N–H and O–H groups in total. The predicted octanol–water partition coefficient (Wildman–Crippen LogP) is 2.81. The van der Waals surface area contributed by atoms with Gasteiger partial charge in [-0.25, -0.2) is 4.98 Å². The molecule has 1 aromatic heterocycles. The van der Waals surface area contributed by atoms with Crippen molar-refractivity contribution in [2.45, 2.75) is 51.9 Å². The molecule has 6 heteroatoms. The summed E-state index contributed by atoms with van der Waals surface area (Å²) < 4.78 is 5.86. The first kappa shape index (κ1) is 19.6. The molecule has 2 aliphatic heterocycles. The van der Waals surface area contributed by atoms with E-state index < -0.39 is 0 Å². The minimum Gasteiger partial charge on any atom is -0.373 e. The maximum absolute atomic E-state index is 12.4. The first-order chi connectivity index (χ1) is 13.5. The van der Waals surface area contributed by atoms with Crippen LogP contribution in [0.4, 0.5) is 0 Å². The Morgan fingerprint density at radius 3 is 2.57 bits per heavy atom. The van der Waals surface area contributed by atoms with Gasteiger partial charge >= 0.3 is 0 Å². The summed E-state index contributed by atoms with van der Waals surface area (Å²) in [6, 6.07) is 7.68. The second-order valence-electron chi connectivity index (χ2n) is 8.60. The molecular weight excluding hydrogens is 352 g/mol. The van der Waals surface area contributed by atoms with Gasteiger partial charge in [-0.1, -0.05) is 12.1 Å². The van der Waals surface area contributed by atoms with Gasteiger partial charge in [0, 0.05) is 19.6 Å². The van der Waals surface area contributed by atoms with E-state index in [1.165, 1.54) is 19.4 Å². The van der Waals surface area contributed by atoms with E-state index in [0.717, 1.165) is 43.4 Å². The second kappa shape index (κ2) is 8.31. The molecule has 3 atom stereocenters. The Hall–Kier alpha value is -1.76. The second-order valence-corrected chi connectivity index (χ2v) is 8.60. The van der Waals surface area contributed by atoms with Crippen molar-refractivity contribution < 1.29 is 4.74 Å². The van der Waals surface area contributed by atoms with Crippen LogP contribution in [-0.2, 0) is 4.74 Å². The highest BCUT2D eigenvalue weighted by molar-refractivity contribution is 5.77. The van der Waals surface area contributed by atoms with Gasteiger partial charge in [-0.3, -0.25) is 14.6 Å². The molecule has 28 heavy (non-hydrogen) atoms. The summed E-state index contributed by atoms with van der Waals surface area (Å²) in [6.07, 6.45) is 3.06. The molecule has 3 unspecified atom stereocenters.